The van der Waals surface area contributed by atoms with Gasteiger partial charge in [0.05, 0.1) is 6.54 Å². The van der Waals surface area contributed by atoms with Crippen LogP contribution in [0.1, 0.15) is 57.8 Å². The van der Waals surface area contributed by atoms with Gasteiger partial charge in [-0.25, -0.2) is 0 Å². The van der Waals surface area contributed by atoms with Crippen molar-refractivity contribution in [3.05, 3.63) is 62.6 Å². The maximum Gasteiger partial charge on any atom is 0.275 e. The standard InChI is InChI=1S/C22H26N4O4/c1-12-5-6-16(13(2)7-12)23-11-19(28)25-26-21(30)15-8-14-17(24-20(15)29)9-22(3,4)10-18(14)27/h5-8,23H,9-11H2,1-4H3,(H,24,29)(H,25,28)(H,26,30). The van der Waals surface area contributed by atoms with E-state index in [0.717, 1.165) is 16.8 Å². The molecule has 0 saturated heterocycles. The van der Waals surface area contributed by atoms with E-state index in [2.05, 4.69) is 21.2 Å². The van der Waals surface area contributed by atoms with E-state index in [-0.39, 0.29) is 23.3 Å². The monoisotopic (exact) mass is 410 g/mol. The number of H-pyrrole nitrogens is 1. The van der Waals surface area contributed by atoms with Crippen LogP contribution in [0.2, 0.25) is 0 Å². The number of aromatic amines is 1. The highest BCUT2D eigenvalue weighted by Gasteiger charge is 2.32. The summed E-state index contributed by atoms with van der Waals surface area (Å²) in [5, 5.41) is 2.99. The molecule has 0 unspecified atom stereocenters. The third-order valence-corrected chi connectivity index (χ3v) is 5.10. The van der Waals surface area contributed by atoms with Crippen LogP contribution in [0.25, 0.3) is 0 Å². The van der Waals surface area contributed by atoms with Crippen LogP contribution in [0.15, 0.2) is 29.1 Å². The number of anilines is 1. The fraction of sp³-hybridized carbons (Fsp3) is 0.364. The first-order valence-electron chi connectivity index (χ1n) is 9.75. The van der Waals surface area contributed by atoms with Crippen molar-refractivity contribution in [2.75, 3.05) is 11.9 Å². The van der Waals surface area contributed by atoms with Gasteiger partial charge < -0.3 is 10.3 Å². The summed E-state index contributed by atoms with van der Waals surface area (Å²) in [6.07, 6.45) is 0.889. The summed E-state index contributed by atoms with van der Waals surface area (Å²) in [7, 11) is 0. The quantitative estimate of drug-likeness (QED) is 0.575. The Balaban J connectivity index is 1.62. The average molecular weight is 410 g/mol. The van der Waals surface area contributed by atoms with Crippen molar-refractivity contribution in [1.82, 2.24) is 15.8 Å². The number of amides is 2. The van der Waals surface area contributed by atoms with Gasteiger partial charge in [-0.15, -0.1) is 0 Å². The topological polar surface area (TPSA) is 120 Å². The van der Waals surface area contributed by atoms with E-state index < -0.39 is 17.4 Å². The van der Waals surface area contributed by atoms with Crippen molar-refractivity contribution in [3.63, 3.8) is 0 Å². The zero-order valence-electron chi connectivity index (χ0n) is 17.6. The van der Waals surface area contributed by atoms with Crippen LogP contribution in [0.4, 0.5) is 5.69 Å². The van der Waals surface area contributed by atoms with Gasteiger partial charge in [0.2, 0.25) is 0 Å². The maximum absolute atomic E-state index is 12.4. The molecule has 0 spiro atoms. The van der Waals surface area contributed by atoms with Crippen molar-refractivity contribution < 1.29 is 14.4 Å². The second kappa shape index (κ2) is 8.14. The number of fused-ring (bicyclic) bond motifs is 1. The van der Waals surface area contributed by atoms with Gasteiger partial charge in [0.1, 0.15) is 5.56 Å². The molecule has 1 heterocycles. The van der Waals surface area contributed by atoms with Crippen LogP contribution < -0.4 is 21.7 Å². The van der Waals surface area contributed by atoms with E-state index in [1.54, 1.807) is 0 Å². The molecule has 0 saturated carbocycles. The normalized spacial score (nSPS) is 14.6. The molecular formula is C22H26N4O4. The van der Waals surface area contributed by atoms with Crippen LogP contribution in [-0.2, 0) is 11.2 Å². The molecule has 1 aromatic heterocycles. The van der Waals surface area contributed by atoms with Gasteiger partial charge in [-0.05, 0) is 43.4 Å². The number of pyridine rings is 1. The highest BCUT2D eigenvalue weighted by atomic mass is 16.2. The van der Waals surface area contributed by atoms with Crippen molar-refractivity contribution in [3.8, 4) is 0 Å². The molecule has 0 atom stereocenters. The molecule has 0 radical (unpaired) electrons. The summed E-state index contributed by atoms with van der Waals surface area (Å²) in [5.74, 6) is -1.37. The van der Waals surface area contributed by atoms with E-state index in [1.165, 1.54) is 6.07 Å². The molecule has 0 bridgehead atoms. The van der Waals surface area contributed by atoms with Gasteiger partial charge in [0.25, 0.3) is 17.4 Å². The summed E-state index contributed by atoms with van der Waals surface area (Å²) in [6, 6.07) is 7.11. The lowest BCUT2D eigenvalue weighted by molar-refractivity contribution is -0.120. The molecular weight excluding hydrogens is 384 g/mol. The Hall–Kier alpha value is -3.42. The number of benzene rings is 1. The number of carbonyl (C=O) groups excluding carboxylic acids is 3. The maximum atomic E-state index is 12.4. The molecule has 0 fully saturated rings. The molecule has 8 nitrogen and oxygen atoms in total. The molecule has 8 heteroatoms. The van der Waals surface area contributed by atoms with E-state index in [1.807, 2.05) is 45.9 Å². The van der Waals surface area contributed by atoms with Gasteiger partial charge in [-0.2, -0.15) is 0 Å². The first-order valence-corrected chi connectivity index (χ1v) is 9.75. The number of carbonyl (C=O) groups is 3. The van der Waals surface area contributed by atoms with Crippen LogP contribution in [0.5, 0.6) is 0 Å². The Kier molecular flexibility index (Phi) is 5.78. The van der Waals surface area contributed by atoms with E-state index in [4.69, 9.17) is 0 Å². The summed E-state index contributed by atoms with van der Waals surface area (Å²) in [5.41, 5.74) is 7.27. The fourth-order valence-corrected chi connectivity index (χ4v) is 3.62. The lowest BCUT2D eigenvalue weighted by Gasteiger charge is -2.29. The van der Waals surface area contributed by atoms with Crippen LogP contribution in [0, 0.1) is 19.3 Å². The van der Waals surface area contributed by atoms with Crippen molar-refractivity contribution in [2.24, 2.45) is 5.41 Å². The predicted molar refractivity (Wildman–Crippen MR) is 114 cm³/mol. The van der Waals surface area contributed by atoms with Gasteiger partial charge in [-0.1, -0.05) is 31.5 Å². The minimum atomic E-state index is -0.781. The molecule has 1 aliphatic rings. The highest BCUT2D eigenvalue weighted by Crippen LogP contribution is 2.33. The number of aromatic nitrogens is 1. The van der Waals surface area contributed by atoms with Crippen LogP contribution in [-0.4, -0.2) is 29.1 Å². The van der Waals surface area contributed by atoms with Crippen molar-refractivity contribution >= 4 is 23.3 Å². The first kappa shape index (κ1) is 21.3. The smallest absolute Gasteiger partial charge is 0.275 e. The van der Waals surface area contributed by atoms with E-state index in [9.17, 15) is 19.2 Å². The van der Waals surface area contributed by atoms with Gasteiger partial charge >= 0.3 is 0 Å². The molecule has 1 aliphatic carbocycles. The Morgan fingerprint density at radius 1 is 1.07 bits per heavy atom. The number of Topliss-reactive ketones (excluding diaryl/α,β-unsaturated/α-hetero) is 1. The second-order valence-corrected chi connectivity index (χ2v) is 8.52. The molecule has 158 valence electrons. The zero-order chi connectivity index (χ0) is 22.1. The molecule has 4 N–H and O–H groups in total. The summed E-state index contributed by atoms with van der Waals surface area (Å²) in [6.45, 7) is 7.76. The van der Waals surface area contributed by atoms with E-state index in [0.29, 0.717) is 24.1 Å². The minimum Gasteiger partial charge on any atom is -0.376 e. The third kappa shape index (κ3) is 4.76. The fourth-order valence-electron chi connectivity index (χ4n) is 3.62. The molecule has 30 heavy (non-hydrogen) atoms. The number of hydrogen-bond acceptors (Lipinski definition) is 5. The number of aryl methyl sites for hydroxylation is 2. The van der Waals surface area contributed by atoms with Crippen molar-refractivity contribution in [1.29, 1.82) is 0 Å². The van der Waals surface area contributed by atoms with Gasteiger partial charge in [-0.3, -0.25) is 30.0 Å². The second-order valence-electron chi connectivity index (χ2n) is 8.52. The molecule has 2 amide bonds. The Bertz CT molecular complexity index is 1090. The first-order chi connectivity index (χ1) is 14.1. The number of ketones is 1. The molecule has 1 aromatic carbocycles. The summed E-state index contributed by atoms with van der Waals surface area (Å²) in [4.78, 5) is 51.8. The average Bonchev–Trinajstić information content (AvgIpc) is 2.64. The van der Waals surface area contributed by atoms with Crippen LogP contribution >= 0.6 is 0 Å². The summed E-state index contributed by atoms with van der Waals surface area (Å²) >= 11 is 0. The Morgan fingerprint density at radius 2 is 1.80 bits per heavy atom. The Morgan fingerprint density at radius 3 is 2.50 bits per heavy atom. The van der Waals surface area contributed by atoms with Gasteiger partial charge in [0.15, 0.2) is 5.78 Å². The number of rotatable bonds is 4. The number of hydrazine groups is 1. The van der Waals surface area contributed by atoms with Gasteiger partial charge in [0, 0.05) is 23.4 Å². The predicted octanol–water partition coefficient (Wildman–Crippen LogP) is 2.02. The SMILES string of the molecule is Cc1ccc(NCC(=O)NNC(=O)c2cc3c([nH]c2=O)CC(C)(C)CC3=O)c(C)c1. The lowest BCUT2D eigenvalue weighted by atomic mass is 9.75. The largest absolute Gasteiger partial charge is 0.376 e. The molecule has 2 aromatic rings. The molecule has 0 aliphatic heterocycles. The highest BCUT2D eigenvalue weighted by molar-refractivity contribution is 6.02. The third-order valence-electron chi connectivity index (χ3n) is 5.10. The van der Waals surface area contributed by atoms with E-state index >= 15 is 0 Å². The molecule has 3 rings (SSSR count). The Labute approximate surface area is 174 Å². The minimum absolute atomic E-state index is 0.0572. The summed E-state index contributed by atoms with van der Waals surface area (Å²) < 4.78 is 0. The number of hydrogen-bond donors (Lipinski definition) is 4. The zero-order valence-corrected chi connectivity index (χ0v) is 17.6. The number of nitrogens with one attached hydrogen (secondary N) is 4. The van der Waals surface area contributed by atoms with Crippen molar-refractivity contribution in [2.45, 2.75) is 40.5 Å². The lowest BCUT2D eigenvalue weighted by Crippen LogP contribution is -2.46. The van der Waals surface area contributed by atoms with Crippen LogP contribution in [0.3, 0.4) is 0 Å².